The molecular weight excluding hydrogens is 479 g/mol. The molecule has 1 aliphatic carbocycles. The molecule has 4 saturated heterocycles. The van der Waals surface area contributed by atoms with E-state index in [-0.39, 0.29) is 48.2 Å². The molecule has 198 valence electrons. The number of ether oxygens (including phenoxy) is 3. The van der Waals surface area contributed by atoms with Gasteiger partial charge in [0.15, 0.2) is 0 Å². The van der Waals surface area contributed by atoms with Crippen LogP contribution in [0.5, 0.6) is 0 Å². The fourth-order valence-corrected chi connectivity index (χ4v) is 7.00. The Morgan fingerprint density at radius 1 is 1.25 bits per heavy atom. The monoisotopic (exact) mass is 511 g/mol. The maximum absolute atomic E-state index is 14.0. The van der Waals surface area contributed by atoms with E-state index in [1.807, 2.05) is 9.80 Å². The highest BCUT2D eigenvalue weighted by atomic mass is 19.4. The molecule has 1 aromatic rings. The molecule has 0 spiro atoms. The van der Waals surface area contributed by atoms with Crippen LogP contribution in [-0.4, -0.2) is 97.2 Å². The van der Waals surface area contributed by atoms with Gasteiger partial charge < -0.3 is 29.3 Å². The summed E-state index contributed by atoms with van der Waals surface area (Å²) in [6.07, 6.45) is 0.287. The van der Waals surface area contributed by atoms with E-state index in [0.29, 0.717) is 45.8 Å². The maximum atomic E-state index is 14.0. The van der Waals surface area contributed by atoms with Gasteiger partial charge in [0.25, 0.3) is 0 Å². The Kier molecular flexibility index (Phi) is 6.13. The lowest BCUT2D eigenvalue weighted by Gasteiger charge is -2.39. The first-order valence-electron chi connectivity index (χ1n) is 12.7. The van der Waals surface area contributed by atoms with E-state index < -0.39 is 17.3 Å². The molecule has 0 aromatic carbocycles. The normalized spacial score (nSPS) is 38.1. The molecule has 5 heterocycles. The molecule has 1 saturated carbocycles. The number of amides is 1. The summed E-state index contributed by atoms with van der Waals surface area (Å²) in [5.74, 6) is 0.209. The largest absolute Gasteiger partial charge is 0.433 e. The Morgan fingerprint density at radius 3 is 2.86 bits per heavy atom. The van der Waals surface area contributed by atoms with Crippen molar-refractivity contribution in [3.05, 3.63) is 18.0 Å². The van der Waals surface area contributed by atoms with E-state index in [0.717, 1.165) is 31.5 Å². The summed E-state index contributed by atoms with van der Waals surface area (Å²) in [5, 5.41) is 3.73. The maximum Gasteiger partial charge on any atom is 0.433 e. The number of carbonyl (C=O) groups excluding carboxylic acids is 1. The molecule has 1 aromatic heterocycles. The third kappa shape index (κ3) is 4.06. The average Bonchev–Trinajstić information content (AvgIpc) is 3.63. The first kappa shape index (κ1) is 24.3. The van der Waals surface area contributed by atoms with E-state index in [2.05, 4.69) is 15.3 Å². The molecule has 7 atom stereocenters. The van der Waals surface area contributed by atoms with Crippen LogP contribution in [0.3, 0.4) is 0 Å². The summed E-state index contributed by atoms with van der Waals surface area (Å²) in [6, 6.07) is 1.09. The van der Waals surface area contributed by atoms with Crippen LogP contribution in [0.25, 0.3) is 0 Å². The minimum atomic E-state index is -4.52. The van der Waals surface area contributed by atoms with E-state index >= 15 is 0 Å². The number of anilines is 1. The van der Waals surface area contributed by atoms with Gasteiger partial charge in [-0.3, -0.25) is 4.79 Å². The van der Waals surface area contributed by atoms with Gasteiger partial charge in [-0.15, -0.1) is 0 Å². The van der Waals surface area contributed by atoms with E-state index in [4.69, 9.17) is 14.2 Å². The quantitative estimate of drug-likeness (QED) is 0.638. The summed E-state index contributed by atoms with van der Waals surface area (Å²) in [5.41, 5.74) is -1.49. The van der Waals surface area contributed by atoms with Crippen molar-refractivity contribution in [3.8, 4) is 0 Å². The molecule has 2 bridgehead atoms. The van der Waals surface area contributed by atoms with Crippen LogP contribution >= 0.6 is 0 Å². The van der Waals surface area contributed by atoms with Crippen LogP contribution in [0.2, 0.25) is 0 Å². The van der Waals surface area contributed by atoms with E-state index in [1.165, 1.54) is 0 Å². The lowest BCUT2D eigenvalue weighted by molar-refractivity contribution is -0.145. The Labute approximate surface area is 207 Å². The summed E-state index contributed by atoms with van der Waals surface area (Å²) in [6.45, 7) is 2.75. The highest BCUT2D eigenvalue weighted by Crippen LogP contribution is 2.50. The van der Waals surface area contributed by atoms with Gasteiger partial charge in [0, 0.05) is 51.7 Å². The lowest BCUT2D eigenvalue weighted by atomic mass is 9.80. The van der Waals surface area contributed by atoms with Crippen molar-refractivity contribution in [2.45, 2.75) is 74.7 Å². The van der Waals surface area contributed by atoms with Gasteiger partial charge in [-0.2, -0.15) is 13.2 Å². The van der Waals surface area contributed by atoms with Crippen LogP contribution in [0.4, 0.5) is 19.1 Å². The standard InChI is InChI=1S/C24H32F3N5O4/c1-34-18-13-35-6-3-17(18)29-14-8-20-23(10-14,4-7-36-20)21(33)31-11-16-9-15(31)12-32(16)22-28-5-2-19(30-22)24(25,26)27/h2,5,14-18,20,29H,3-4,6-13H2,1H3. The van der Waals surface area contributed by atoms with Crippen LogP contribution < -0.4 is 10.2 Å². The Balaban J connectivity index is 1.13. The predicted molar refractivity (Wildman–Crippen MR) is 121 cm³/mol. The molecule has 0 radical (unpaired) electrons. The number of methoxy groups -OCH3 is 1. The van der Waals surface area contributed by atoms with Gasteiger partial charge >= 0.3 is 6.18 Å². The molecule has 4 aliphatic heterocycles. The molecule has 36 heavy (non-hydrogen) atoms. The Bertz CT molecular complexity index is 999. The fourth-order valence-electron chi connectivity index (χ4n) is 7.00. The van der Waals surface area contributed by atoms with Crippen molar-refractivity contribution in [2.75, 3.05) is 44.9 Å². The van der Waals surface area contributed by atoms with Crippen molar-refractivity contribution < 1.29 is 32.2 Å². The fraction of sp³-hybridized carbons (Fsp3) is 0.792. The molecule has 7 unspecified atom stereocenters. The number of hydrogen-bond acceptors (Lipinski definition) is 8. The van der Waals surface area contributed by atoms with Gasteiger partial charge in [0.2, 0.25) is 11.9 Å². The van der Waals surface area contributed by atoms with Crippen molar-refractivity contribution in [1.82, 2.24) is 20.2 Å². The van der Waals surface area contributed by atoms with Crippen LogP contribution in [0, 0.1) is 5.41 Å². The van der Waals surface area contributed by atoms with Gasteiger partial charge in [-0.05, 0) is 38.2 Å². The SMILES string of the molecule is COC1COCCC1NC1CC2OCCC2(C(=O)N2CC3CC2CN3c2nccc(C(F)(F)F)n2)C1. The molecule has 1 N–H and O–H groups in total. The molecule has 5 fully saturated rings. The summed E-state index contributed by atoms with van der Waals surface area (Å²) in [4.78, 5) is 25.6. The van der Waals surface area contributed by atoms with Crippen LogP contribution in [-0.2, 0) is 25.2 Å². The number of halogens is 3. The molecule has 9 nitrogen and oxygen atoms in total. The molecule has 5 aliphatic rings. The summed E-state index contributed by atoms with van der Waals surface area (Å²) < 4.78 is 56.6. The smallest absolute Gasteiger partial charge is 0.379 e. The number of carbonyl (C=O) groups is 1. The number of rotatable bonds is 5. The zero-order valence-corrected chi connectivity index (χ0v) is 20.2. The first-order valence-corrected chi connectivity index (χ1v) is 12.7. The number of hydrogen-bond donors (Lipinski definition) is 1. The molecule has 1 amide bonds. The molecule has 6 rings (SSSR count). The van der Waals surface area contributed by atoms with Gasteiger partial charge in [-0.25, -0.2) is 9.97 Å². The number of nitrogens with zero attached hydrogens (tertiary/aromatic N) is 4. The number of likely N-dealkylation sites (tertiary alicyclic amines) is 1. The van der Waals surface area contributed by atoms with Crippen molar-refractivity contribution in [1.29, 1.82) is 0 Å². The predicted octanol–water partition coefficient (Wildman–Crippen LogP) is 1.62. The second-order valence-electron chi connectivity index (χ2n) is 10.7. The number of fused-ring (bicyclic) bond motifs is 3. The van der Waals surface area contributed by atoms with Crippen molar-refractivity contribution >= 4 is 11.9 Å². The zero-order valence-electron chi connectivity index (χ0n) is 20.2. The van der Waals surface area contributed by atoms with Gasteiger partial charge in [-0.1, -0.05) is 0 Å². The highest BCUT2D eigenvalue weighted by molar-refractivity contribution is 5.85. The van der Waals surface area contributed by atoms with Gasteiger partial charge in [0.1, 0.15) is 5.69 Å². The third-order valence-corrected chi connectivity index (χ3v) is 8.77. The number of nitrogens with one attached hydrogen (secondary N) is 1. The van der Waals surface area contributed by atoms with Crippen LogP contribution in [0.15, 0.2) is 12.3 Å². The third-order valence-electron chi connectivity index (χ3n) is 8.77. The summed E-state index contributed by atoms with van der Waals surface area (Å²) in [7, 11) is 1.70. The minimum Gasteiger partial charge on any atom is -0.379 e. The average molecular weight is 512 g/mol. The second-order valence-corrected chi connectivity index (χ2v) is 10.7. The van der Waals surface area contributed by atoms with Crippen LogP contribution in [0.1, 0.15) is 37.8 Å². The Morgan fingerprint density at radius 2 is 2.11 bits per heavy atom. The first-order chi connectivity index (χ1) is 17.3. The van der Waals surface area contributed by atoms with E-state index in [9.17, 15) is 18.0 Å². The van der Waals surface area contributed by atoms with Crippen molar-refractivity contribution in [2.24, 2.45) is 5.41 Å². The zero-order chi connectivity index (χ0) is 25.1. The van der Waals surface area contributed by atoms with Crippen molar-refractivity contribution in [3.63, 3.8) is 0 Å². The second kappa shape index (κ2) is 9.07. The molecule has 12 heteroatoms. The number of aromatic nitrogens is 2. The topological polar surface area (TPSA) is 89.0 Å². The highest BCUT2D eigenvalue weighted by Gasteiger charge is 2.60. The lowest BCUT2D eigenvalue weighted by Crippen LogP contribution is -2.55. The number of alkyl halides is 3. The summed E-state index contributed by atoms with van der Waals surface area (Å²) >= 11 is 0. The molecular formula is C24H32F3N5O4. The van der Waals surface area contributed by atoms with E-state index in [1.54, 1.807) is 7.11 Å². The number of piperazine rings is 1. The Hall–Kier alpha value is -2.02. The van der Waals surface area contributed by atoms with Gasteiger partial charge in [0.05, 0.1) is 36.3 Å². The minimum absolute atomic E-state index is 0.00914.